The van der Waals surface area contributed by atoms with Crippen molar-refractivity contribution in [1.29, 1.82) is 5.26 Å². The van der Waals surface area contributed by atoms with Gasteiger partial charge in [0.2, 0.25) is 5.91 Å². The van der Waals surface area contributed by atoms with Crippen LogP contribution in [0.15, 0.2) is 18.2 Å². The van der Waals surface area contributed by atoms with Gasteiger partial charge in [0, 0.05) is 19.2 Å². The number of hydrogen-bond donors (Lipinski definition) is 1. The molecule has 0 bridgehead atoms. The first-order valence-electron chi connectivity index (χ1n) is 5.08. The minimum absolute atomic E-state index is 0.0759. The molecular formula is C12H11FN2O3. The van der Waals surface area contributed by atoms with Crippen LogP contribution in [0.25, 0.3) is 0 Å². The van der Waals surface area contributed by atoms with Gasteiger partial charge in [-0.05, 0) is 18.2 Å². The van der Waals surface area contributed by atoms with Gasteiger partial charge in [0.05, 0.1) is 11.6 Å². The van der Waals surface area contributed by atoms with Crippen LogP contribution < -0.4 is 0 Å². The number of nitrogens with zero attached hydrogens (tertiary/aromatic N) is 2. The number of aliphatic carboxylic acids is 1. The van der Waals surface area contributed by atoms with Crippen molar-refractivity contribution < 1.29 is 19.1 Å². The molecule has 0 spiro atoms. The molecule has 0 heterocycles. The van der Waals surface area contributed by atoms with Gasteiger partial charge in [-0.15, -0.1) is 0 Å². The second-order valence-corrected chi connectivity index (χ2v) is 3.74. The first-order chi connectivity index (χ1) is 8.43. The Kier molecular flexibility index (Phi) is 4.38. The highest BCUT2D eigenvalue weighted by molar-refractivity contribution is 5.93. The smallest absolute Gasteiger partial charge is 0.312 e. The fourth-order valence-corrected chi connectivity index (χ4v) is 1.37. The van der Waals surface area contributed by atoms with E-state index in [1.54, 1.807) is 0 Å². The molecule has 0 saturated heterocycles. The van der Waals surface area contributed by atoms with E-state index in [1.165, 1.54) is 19.2 Å². The highest BCUT2D eigenvalue weighted by atomic mass is 19.1. The molecule has 0 aliphatic heterocycles. The second-order valence-electron chi connectivity index (χ2n) is 3.74. The molecule has 0 unspecified atom stereocenters. The van der Waals surface area contributed by atoms with Crippen molar-refractivity contribution >= 4 is 11.9 Å². The Morgan fingerprint density at radius 3 is 2.72 bits per heavy atom. The van der Waals surface area contributed by atoms with E-state index >= 15 is 0 Å². The lowest BCUT2D eigenvalue weighted by Gasteiger charge is -2.16. The van der Waals surface area contributed by atoms with Crippen molar-refractivity contribution in [2.75, 3.05) is 7.05 Å². The van der Waals surface area contributed by atoms with E-state index in [-0.39, 0.29) is 17.7 Å². The predicted octanol–water partition coefficient (Wildman–Crippen LogP) is 1.13. The molecule has 1 N–H and O–H groups in total. The normalized spacial score (nSPS) is 9.61. The molecule has 1 aromatic carbocycles. The molecule has 0 saturated carbocycles. The van der Waals surface area contributed by atoms with Crippen LogP contribution in [-0.4, -0.2) is 28.9 Å². The number of halogens is 1. The average Bonchev–Trinajstić information content (AvgIpc) is 2.31. The molecule has 5 nitrogen and oxygen atoms in total. The van der Waals surface area contributed by atoms with Crippen LogP contribution in [0, 0.1) is 17.1 Å². The van der Waals surface area contributed by atoms with Gasteiger partial charge >= 0.3 is 5.97 Å². The maximum Gasteiger partial charge on any atom is 0.312 e. The summed E-state index contributed by atoms with van der Waals surface area (Å²) < 4.78 is 13.4. The number of rotatable bonds is 4. The summed E-state index contributed by atoms with van der Waals surface area (Å²) in [6.07, 6.45) is -0.643. The highest BCUT2D eigenvalue weighted by Crippen LogP contribution is 2.12. The van der Waals surface area contributed by atoms with Crippen molar-refractivity contribution in [1.82, 2.24) is 4.90 Å². The zero-order valence-corrected chi connectivity index (χ0v) is 9.68. The summed E-state index contributed by atoms with van der Waals surface area (Å²) in [5.74, 6) is -2.40. The van der Waals surface area contributed by atoms with Crippen LogP contribution >= 0.6 is 0 Å². The summed E-state index contributed by atoms with van der Waals surface area (Å²) in [7, 11) is 1.38. The number of amides is 1. The lowest BCUT2D eigenvalue weighted by molar-refractivity contribution is -0.143. The molecular weight excluding hydrogens is 239 g/mol. The zero-order valence-electron chi connectivity index (χ0n) is 9.68. The maximum atomic E-state index is 13.4. The minimum Gasteiger partial charge on any atom is -0.481 e. The molecule has 1 rings (SSSR count). The van der Waals surface area contributed by atoms with E-state index in [1.807, 2.05) is 6.07 Å². The maximum absolute atomic E-state index is 13.4. The molecule has 0 fully saturated rings. The Bertz CT molecular complexity index is 523. The van der Waals surface area contributed by atoms with Gasteiger partial charge in [0.25, 0.3) is 0 Å². The van der Waals surface area contributed by atoms with Crippen LogP contribution in [0.1, 0.15) is 17.5 Å². The third-order valence-electron chi connectivity index (χ3n) is 2.31. The lowest BCUT2D eigenvalue weighted by atomic mass is 10.1. The summed E-state index contributed by atoms with van der Waals surface area (Å²) >= 11 is 0. The third kappa shape index (κ3) is 3.56. The number of nitriles is 1. The average molecular weight is 250 g/mol. The topological polar surface area (TPSA) is 81.4 Å². The molecule has 0 radical (unpaired) electrons. The number of carbonyl (C=O) groups excluding carboxylic acids is 1. The SMILES string of the molecule is CN(Cc1cc(C#N)ccc1F)C(=O)CC(=O)O. The highest BCUT2D eigenvalue weighted by Gasteiger charge is 2.15. The van der Waals surface area contributed by atoms with Crippen LogP contribution in [0.4, 0.5) is 4.39 Å². The van der Waals surface area contributed by atoms with Gasteiger partial charge in [-0.3, -0.25) is 9.59 Å². The summed E-state index contributed by atoms with van der Waals surface area (Å²) in [4.78, 5) is 22.9. The zero-order chi connectivity index (χ0) is 13.7. The van der Waals surface area contributed by atoms with Crippen molar-refractivity contribution in [3.63, 3.8) is 0 Å². The second kappa shape index (κ2) is 5.77. The van der Waals surface area contributed by atoms with Crippen LogP contribution in [-0.2, 0) is 16.1 Å². The Morgan fingerprint density at radius 2 is 2.17 bits per heavy atom. The molecule has 0 aliphatic rings. The van der Waals surface area contributed by atoms with Crippen LogP contribution in [0.5, 0.6) is 0 Å². The van der Waals surface area contributed by atoms with E-state index in [0.717, 1.165) is 11.0 Å². The molecule has 1 amide bonds. The Hall–Kier alpha value is -2.42. The minimum atomic E-state index is -1.24. The van der Waals surface area contributed by atoms with Gasteiger partial charge in [-0.25, -0.2) is 4.39 Å². The van der Waals surface area contributed by atoms with Gasteiger partial charge in [0.1, 0.15) is 12.2 Å². The Morgan fingerprint density at radius 1 is 1.50 bits per heavy atom. The number of carboxylic acids is 1. The molecule has 6 heteroatoms. The van der Waals surface area contributed by atoms with Gasteiger partial charge in [0.15, 0.2) is 0 Å². The van der Waals surface area contributed by atoms with Crippen LogP contribution in [0.3, 0.4) is 0 Å². The third-order valence-corrected chi connectivity index (χ3v) is 2.31. The summed E-state index contributed by atoms with van der Waals surface area (Å²) in [5.41, 5.74) is 0.459. The van der Waals surface area contributed by atoms with Crippen molar-refractivity contribution in [3.8, 4) is 6.07 Å². The Balaban J connectivity index is 2.81. The molecule has 1 aromatic rings. The predicted molar refractivity (Wildman–Crippen MR) is 59.8 cm³/mol. The van der Waals surface area contributed by atoms with E-state index < -0.39 is 24.1 Å². The fourth-order valence-electron chi connectivity index (χ4n) is 1.37. The summed E-state index contributed by atoms with van der Waals surface area (Å²) in [6.45, 7) is -0.0759. The lowest BCUT2D eigenvalue weighted by Crippen LogP contribution is -2.28. The monoisotopic (exact) mass is 250 g/mol. The molecule has 0 aromatic heterocycles. The number of carbonyl (C=O) groups is 2. The number of hydrogen-bond acceptors (Lipinski definition) is 3. The number of carboxylic acid groups (broad SMARTS) is 1. The Labute approximate surface area is 103 Å². The van der Waals surface area contributed by atoms with Gasteiger partial charge in [-0.2, -0.15) is 5.26 Å². The van der Waals surface area contributed by atoms with E-state index in [0.29, 0.717) is 0 Å². The molecule has 0 aliphatic carbocycles. The van der Waals surface area contributed by atoms with Crippen molar-refractivity contribution in [3.05, 3.63) is 35.1 Å². The molecule has 18 heavy (non-hydrogen) atoms. The first kappa shape index (κ1) is 13.6. The van der Waals surface area contributed by atoms with Crippen LogP contribution in [0.2, 0.25) is 0 Å². The first-order valence-corrected chi connectivity index (χ1v) is 5.08. The van der Waals surface area contributed by atoms with E-state index in [2.05, 4.69) is 0 Å². The van der Waals surface area contributed by atoms with Gasteiger partial charge < -0.3 is 10.0 Å². The summed E-state index contributed by atoms with van der Waals surface area (Å²) in [6, 6.07) is 5.67. The quantitative estimate of drug-likeness (QED) is 0.812. The fraction of sp³-hybridized carbons (Fsp3) is 0.250. The van der Waals surface area contributed by atoms with Gasteiger partial charge in [-0.1, -0.05) is 0 Å². The van der Waals surface area contributed by atoms with Crippen molar-refractivity contribution in [2.45, 2.75) is 13.0 Å². The number of benzene rings is 1. The van der Waals surface area contributed by atoms with E-state index in [4.69, 9.17) is 10.4 Å². The standard InChI is InChI=1S/C12H11FN2O3/c1-15(11(16)5-12(17)18)7-9-4-8(6-14)2-3-10(9)13/h2-4H,5,7H2,1H3,(H,17,18). The largest absolute Gasteiger partial charge is 0.481 e. The van der Waals surface area contributed by atoms with E-state index in [9.17, 15) is 14.0 Å². The summed E-state index contributed by atoms with van der Waals surface area (Å²) in [5, 5.41) is 17.2. The van der Waals surface area contributed by atoms with Crippen molar-refractivity contribution in [2.24, 2.45) is 0 Å². The molecule has 94 valence electrons. The molecule has 0 atom stereocenters.